The summed E-state index contributed by atoms with van der Waals surface area (Å²) in [5.74, 6) is 0. The first-order valence-electron chi connectivity index (χ1n) is 7.80. The van der Waals surface area contributed by atoms with E-state index < -0.39 is 0 Å². The van der Waals surface area contributed by atoms with E-state index in [0.29, 0.717) is 10.8 Å². The summed E-state index contributed by atoms with van der Waals surface area (Å²) >= 11 is 0. The molecule has 1 heterocycles. The van der Waals surface area contributed by atoms with Crippen LogP contribution in [-0.2, 0) is 13.0 Å². The van der Waals surface area contributed by atoms with Crippen LogP contribution in [0.25, 0.3) is 0 Å². The van der Waals surface area contributed by atoms with E-state index in [-0.39, 0.29) is 6.04 Å². The molecule has 0 spiro atoms. The first-order chi connectivity index (χ1) is 8.86. The molecule has 1 aromatic heterocycles. The Balaban J connectivity index is 1.97. The van der Waals surface area contributed by atoms with Crippen molar-refractivity contribution < 1.29 is 0 Å². The number of nitrogens with zero attached hydrogens (tertiary/aromatic N) is 1. The van der Waals surface area contributed by atoms with Crippen LogP contribution < -0.4 is 5.73 Å². The number of hydrogen-bond donors (Lipinski definition) is 1. The Bertz CT molecular complexity index is 492. The highest BCUT2D eigenvalue weighted by atomic mass is 15.0. The maximum absolute atomic E-state index is 6.40. The minimum Gasteiger partial charge on any atom is -0.348 e. The molecule has 1 unspecified atom stereocenters. The molecule has 2 aliphatic rings. The summed E-state index contributed by atoms with van der Waals surface area (Å²) in [4.78, 5) is 0. The van der Waals surface area contributed by atoms with Crippen LogP contribution >= 0.6 is 0 Å². The third-order valence-electron chi connectivity index (χ3n) is 5.47. The van der Waals surface area contributed by atoms with Crippen molar-refractivity contribution in [3.05, 3.63) is 23.0 Å². The molecule has 0 radical (unpaired) electrons. The predicted octanol–water partition coefficient (Wildman–Crippen LogP) is 3.96. The second-order valence-electron chi connectivity index (χ2n) is 7.78. The molecule has 0 amide bonds. The largest absolute Gasteiger partial charge is 0.348 e. The quantitative estimate of drug-likeness (QED) is 0.876. The molecule has 2 N–H and O–H groups in total. The van der Waals surface area contributed by atoms with Gasteiger partial charge in [0.25, 0.3) is 0 Å². The van der Waals surface area contributed by atoms with Gasteiger partial charge in [0.15, 0.2) is 0 Å². The molecule has 0 aliphatic heterocycles. The molecule has 2 heteroatoms. The van der Waals surface area contributed by atoms with Crippen molar-refractivity contribution in [2.75, 3.05) is 0 Å². The molecule has 2 aliphatic carbocycles. The van der Waals surface area contributed by atoms with Gasteiger partial charge in [0.2, 0.25) is 0 Å². The molecule has 3 rings (SSSR count). The Labute approximate surface area is 117 Å². The Hall–Kier alpha value is -0.760. The van der Waals surface area contributed by atoms with Crippen molar-refractivity contribution in [2.24, 2.45) is 16.6 Å². The van der Waals surface area contributed by atoms with Crippen molar-refractivity contribution in [1.29, 1.82) is 0 Å². The summed E-state index contributed by atoms with van der Waals surface area (Å²) < 4.78 is 2.59. The van der Waals surface area contributed by atoms with E-state index >= 15 is 0 Å². The average Bonchev–Trinajstić information content (AvgIpc) is 3.02. The molecule has 1 fully saturated rings. The van der Waals surface area contributed by atoms with Gasteiger partial charge < -0.3 is 10.3 Å². The SMILES string of the molecule is CCC1(Cn2c(C)cc3c2CC(C)(C)CC3N)CC1. The summed E-state index contributed by atoms with van der Waals surface area (Å²) in [6.07, 6.45) is 6.43. The Morgan fingerprint density at radius 2 is 2.05 bits per heavy atom. The number of aromatic nitrogens is 1. The van der Waals surface area contributed by atoms with Crippen LogP contribution in [0.15, 0.2) is 6.07 Å². The van der Waals surface area contributed by atoms with Gasteiger partial charge in [-0.25, -0.2) is 0 Å². The van der Waals surface area contributed by atoms with Crippen molar-refractivity contribution in [3.63, 3.8) is 0 Å². The smallest absolute Gasteiger partial charge is 0.0318 e. The van der Waals surface area contributed by atoms with Crippen molar-refractivity contribution in [2.45, 2.75) is 72.4 Å². The zero-order valence-corrected chi connectivity index (χ0v) is 12.9. The molecular weight excluding hydrogens is 232 g/mol. The van der Waals surface area contributed by atoms with E-state index in [1.807, 2.05) is 0 Å². The fraction of sp³-hybridized carbons (Fsp3) is 0.765. The molecule has 1 atom stereocenters. The topological polar surface area (TPSA) is 30.9 Å². The first-order valence-corrected chi connectivity index (χ1v) is 7.80. The van der Waals surface area contributed by atoms with Gasteiger partial charge in [-0.05, 0) is 61.5 Å². The van der Waals surface area contributed by atoms with Crippen LogP contribution in [0.1, 0.15) is 69.4 Å². The van der Waals surface area contributed by atoms with Gasteiger partial charge in [-0.15, -0.1) is 0 Å². The molecule has 2 nitrogen and oxygen atoms in total. The molecule has 0 bridgehead atoms. The van der Waals surface area contributed by atoms with Crippen LogP contribution in [0.2, 0.25) is 0 Å². The lowest BCUT2D eigenvalue weighted by molar-refractivity contribution is 0.270. The minimum atomic E-state index is 0.232. The van der Waals surface area contributed by atoms with Gasteiger partial charge in [-0.1, -0.05) is 20.8 Å². The lowest BCUT2D eigenvalue weighted by Crippen LogP contribution is -2.31. The van der Waals surface area contributed by atoms with Gasteiger partial charge in [-0.3, -0.25) is 0 Å². The Morgan fingerprint density at radius 3 is 2.63 bits per heavy atom. The number of hydrogen-bond acceptors (Lipinski definition) is 1. The summed E-state index contributed by atoms with van der Waals surface area (Å²) in [5, 5.41) is 0. The first kappa shape index (κ1) is 13.2. The highest BCUT2D eigenvalue weighted by Gasteiger charge is 2.42. The molecule has 0 saturated heterocycles. The van der Waals surface area contributed by atoms with Crippen LogP contribution in [0.3, 0.4) is 0 Å². The zero-order chi connectivity index (χ0) is 13.8. The summed E-state index contributed by atoms with van der Waals surface area (Å²) in [6, 6.07) is 2.58. The second kappa shape index (κ2) is 4.12. The lowest BCUT2D eigenvalue weighted by atomic mass is 9.74. The van der Waals surface area contributed by atoms with Crippen LogP contribution in [0.4, 0.5) is 0 Å². The maximum Gasteiger partial charge on any atom is 0.0318 e. The molecular formula is C17H28N2. The lowest BCUT2D eigenvalue weighted by Gasteiger charge is -2.35. The maximum atomic E-state index is 6.40. The zero-order valence-electron chi connectivity index (χ0n) is 12.9. The number of rotatable bonds is 3. The monoisotopic (exact) mass is 260 g/mol. The standard InChI is InChI=1S/C17H28N2/c1-5-17(6-7-17)11-19-12(2)8-13-14(18)9-16(3,4)10-15(13)19/h8,14H,5-7,9-11,18H2,1-4H3. The highest BCUT2D eigenvalue weighted by molar-refractivity contribution is 5.34. The molecule has 106 valence electrons. The summed E-state index contributed by atoms with van der Waals surface area (Å²) in [5.41, 5.74) is 11.7. The number of nitrogens with two attached hydrogens (primary N) is 1. The molecule has 0 aromatic carbocycles. The van der Waals surface area contributed by atoms with Gasteiger partial charge in [0, 0.05) is 24.0 Å². The van der Waals surface area contributed by atoms with Crippen LogP contribution in [0, 0.1) is 17.8 Å². The fourth-order valence-electron chi connectivity index (χ4n) is 3.86. The fourth-order valence-corrected chi connectivity index (χ4v) is 3.86. The van der Waals surface area contributed by atoms with E-state index in [9.17, 15) is 0 Å². The molecule has 1 saturated carbocycles. The minimum absolute atomic E-state index is 0.232. The molecule has 1 aromatic rings. The van der Waals surface area contributed by atoms with Crippen LogP contribution in [-0.4, -0.2) is 4.57 Å². The predicted molar refractivity (Wildman–Crippen MR) is 80.2 cm³/mol. The van der Waals surface area contributed by atoms with Crippen molar-refractivity contribution >= 4 is 0 Å². The average molecular weight is 260 g/mol. The normalized spacial score (nSPS) is 27.1. The van der Waals surface area contributed by atoms with Gasteiger partial charge in [0.1, 0.15) is 0 Å². The van der Waals surface area contributed by atoms with E-state index in [1.54, 1.807) is 0 Å². The highest BCUT2D eigenvalue weighted by Crippen LogP contribution is 2.51. The van der Waals surface area contributed by atoms with E-state index in [2.05, 4.69) is 38.3 Å². The molecule has 19 heavy (non-hydrogen) atoms. The Kier molecular flexibility index (Phi) is 2.87. The van der Waals surface area contributed by atoms with Crippen molar-refractivity contribution in [1.82, 2.24) is 4.57 Å². The van der Waals surface area contributed by atoms with E-state index in [4.69, 9.17) is 5.73 Å². The van der Waals surface area contributed by atoms with E-state index in [0.717, 1.165) is 6.42 Å². The van der Waals surface area contributed by atoms with Gasteiger partial charge >= 0.3 is 0 Å². The summed E-state index contributed by atoms with van der Waals surface area (Å²) in [6.45, 7) is 10.5. The second-order valence-corrected chi connectivity index (χ2v) is 7.78. The van der Waals surface area contributed by atoms with E-state index in [1.165, 1.54) is 49.2 Å². The van der Waals surface area contributed by atoms with Gasteiger partial charge in [0.05, 0.1) is 0 Å². The number of fused-ring (bicyclic) bond motifs is 1. The third-order valence-corrected chi connectivity index (χ3v) is 5.47. The summed E-state index contributed by atoms with van der Waals surface area (Å²) in [7, 11) is 0. The third kappa shape index (κ3) is 2.24. The number of aryl methyl sites for hydroxylation is 1. The van der Waals surface area contributed by atoms with Crippen LogP contribution in [0.5, 0.6) is 0 Å². The van der Waals surface area contributed by atoms with Crippen molar-refractivity contribution in [3.8, 4) is 0 Å². The Morgan fingerprint density at radius 1 is 1.37 bits per heavy atom. The van der Waals surface area contributed by atoms with Gasteiger partial charge in [-0.2, -0.15) is 0 Å².